The van der Waals surface area contributed by atoms with Crippen molar-refractivity contribution in [3.8, 4) is 28.3 Å². The number of alkyl carbamates (subject to hydrolysis) is 1. The number of carbonyl (C=O) groups is 1. The van der Waals surface area contributed by atoms with E-state index in [1.165, 1.54) is 12.1 Å². The maximum atomic E-state index is 14.5. The highest BCUT2D eigenvalue weighted by atomic mass is 32.1. The fraction of sp³-hybridized carbons (Fsp3) is 0.469. The average Bonchev–Trinajstić information content (AvgIpc) is 3.65. The van der Waals surface area contributed by atoms with Crippen molar-refractivity contribution >= 4 is 33.3 Å². The average molecular weight is 624 g/mol. The maximum absolute atomic E-state index is 14.5. The third-order valence-electron chi connectivity index (χ3n) is 7.98. The summed E-state index contributed by atoms with van der Waals surface area (Å²) in [5.41, 5.74) is 3.14. The van der Waals surface area contributed by atoms with Crippen LogP contribution in [0.3, 0.4) is 0 Å². The summed E-state index contributed by atoms with van der Waals surface area (Å²) >= 11 is 1.61. The summed E-state index contributed by atoms with van der Waals surface area (Å²) < 4.78 is 37.6. The van der Waals surface area contributed by atoms with Crippen LogP contribution in [0.1, 0.15) is 39.3 Å². The molecule has 0 saturated carbocycles. The number of hydrogen-bond donors (Lipinski definition) is 2. The van der Waals surface area contributed by atoms with E-state index in [1.54, 1.807) is 24.5 Å². The number of anilines is 1. The van der Waals surface area contributed by atoms with Crippen LogP contribution >= 0.6 is 11.3 Å². The molecular formula is C32H38FN5O5S. The van der Waals surface area contributed by atoms with E-state index in [0.717, 1.165) is 60.6 Å². The first kappa shape index (κ1) is 30.3. The summed E-state index contributed by atoms with van der Waals surface area (Å²) in [4.78, 5) is 19.9. The summed E-state index contributed by atoms with van der Waals surface area (Å²) in [5.74, 6) is 0.905. The van der Waals surface area contributed by atoms with Crippen LogP contribution in [0.2, 0.25) is 0 Å². The van der Waals surface area contributed by atoms with E-state index in [-0.39, 0.29) is 18.6 Å². The maximum Gasteiger partial charge on any atom is 0.407 e. The summed E-state index contributed by atoms with van der Waals surface area (Å²) in [6.45, 7) is 9.70. The van der Waals surface area contributed by atoms with Crippen LogP contribution in [-0.2, 0) is 20.8 Å². The van der Waals surface area contributed by atoms with Gasteiger partial charge in [0.2, 0.25) is 0 Å². The molecule has 1 amide bonds. The SMILES string of the molecule is COCCOc1cc(F)ccc1-c1c(-c2cc(CNC(=O)OC(C)(C)C)[nH]n2)nc(N2CCC3(CC2)COC3)c2ccsc12. The number of nitrogens with one attached hydrogen (secondary N) is 2. The number of methoxy groups -OCH3 is 1. The molecule has 2 aliphatic heterocycles. The van der Waals surface area contributed by atoms with Crippen LogP contribution in [0.5, 0.6) is 5.75 Å². The van der Waals surface area contributed by atoms with E-state index in [1.807, 2.05) is 26.8 Å². The van der Waals surface area contributed by atoms with Crippen molar-refractivity contribution < 1.29 is 28.1 Å². The normalized spacial score (nSPS) is 16.2. The third kappa shape index (κ3) is 6.38. The van der Waals surface area contributed by atoms with Gasteiger partial charge in [-0.25, -0.2) is 14.2 Å². The molecule has 6 rings (SSSR count). The molecule has 3 aromatic heterocycles. The lowest BCUT2D eigenvalue weighted by Gasteiger charge is -2.47. The van der Waals surface area contributed by atoms with E-state index in [2.05, 4.69) is 31.9 Å². The van der Waals surface area contributed by atoms with E-state index < -0.39 is 17.5 Å². The number of benzene rings is 1. The van der Waals surface area contributed by atoms with Crippen LogP contribution in [-0.4, -0.2) is 73.5 Å². The van der Waals surface area contributed by atoms with Gasteiger partial charge in [-0.3, -0.25) is 5.10 Å². The molecule has 44 heavy (non-hydrogen) atoms. The van der Waals surface area contributed by atoms with Crippen LogP contribution < -0.4 is 15.0 Å². The lowest BCUT2D eigenvalue weighted by molar-refractivity contribution is -0.124. The number of aromatic amines is 1. The molecule has 0 aliphatic carbocycles. The van der Waals surface area contributed by atoms with Crippen molar-refractivity contribution in [2.75, 3.05) is 51.5 Å². The minimum Gasteiger partial charge on any atom is -0.490 e. The molecule has 1 aromatic carbocycles. The number of amides is 1. The molecule has 2 aliphatic rings. The quantitative estimate of drug-likeness (QED) is 0.213. The minimum absolute atomic E-state index is 0.198. The Bertz CT molecular complexity index is 1630. The number of H-pyrrole nitrogens is 1. The molecule has 0 atom stereocenters. The largest absolute Gasteiger partial charge is 0.490 e. The highest BCUT2D eigenvalue weighted by molar-refractivity contribution is 7.18. The van der Waals surface area contributed by atoms with Crippen molar-refractivity contribution in [2.45, 2.75) is 45.8 Å². The topological polar surface area (TPSA) is 111 Å². The third-order valence-corrected chi connectivity index (χ3v) is 8.91. The molecule has 10 nitrogen and oxygen atoms in total. The molecule has 2 fully saturated rings. The monoisotopic (exact) mass is 623 g/mol. The van der Waals surface area contributed by atoms with Gasteiger partial charge < -0.3 is 29.2 Å². The predicted octanol–water partition coefficient (Wildman–Crippen LogP) is 6.16. The number of aromatic nitrogens is 3. The second-order valence-corrected chi connectivity index (χ2v) is 13.3. The van der Waals surface area contributed by atoms with E-state index in [0.29, 0.717) is 35.0 Å². The Hall–Kier alpha value is -3.74. The number of piperidine rings is 1. The molecular weight excluding hydrogens is 585 g/mol. The molecule has 2 saturated heterocycles. The molecule has 5 heterocycles. The van der Waals surface area contributed by atoms with Gasteiger partial charge in [0, 0.05) is 52.9 Å². The number of rotatable bonds is 9. The fourth-order valence-electron chi connectivity index (χ4n) is 5.67. The first-order valence-corrected chi connectivity index (χ1v) is 15.7. The zero-order chi connectivity index (χ0) is 30.9. The summed E-state index contributed by atoms with van der Waals surface area (Å²) in [6, 6.07) is 8.53. The zero-order valence-corrected chi connectivity index (χ0v) is 26.3. The number of hydrogen-bond acceptors (Lipinski definition) is 9. The van der Waals surface area contributed by atoms with Crippen molar-refractivity contribution in [2.24, 2.45) is 5.41 Å². The molecule has 0 bridgehead atoms. The van der Waals surface area contributed by atoms with Crippen LogP contribution in [0, 0.1) is 11.2 Å². The number of fused-ring (bicyclic) bond motifs is 1. The molecule has 12 heteroatoms. The second kappa shape index (κ2) is 12.3. The van der Waals surface area contributed by atoms with Gasteiger partial charge in [0.1, 0.15) is 41.0 Å². The summed E-state index contributed by atoms with van der Waals surface area (Å²) in [5, 5.41) is 13.5. The van der Waals surface area contributed by atoms with E-state index in [9.17, 15) is 9.18 Å². The minimum atomic E-state index is -0.605. The number of halogens is 1. The molecule has 1 spiro atoms. The first-order chi connectivity index (χ1) is 21.1. The Morgan fingerprint density at radius 2 is 1.98 bits per heavy atom. The van der Waals surface area contributed by atoms with Crippen LogP contribution in [0.4, 0.5) is 15.0 Å². The standard InChI is InChI=1S/C32H38FN5O5S/c1-31(2,3)43-30(39)34-17-21-16-24(37-36-21)27-26(22-6-5-20(33)15-25(22)42-13-12-40-4)28-23(7-14-44-28)29(35-27)38-10-8-32(9-11-38)18-41-19-32/h5-7,14-16H,8-13,17-19H2,1-4H3,(H,34,39)(H,36,37). The van der Waals surface area contributed by atoms with Gasteiger partial charge in [0.25, 0.3) is 0 Å². The van der Waals surface area contributed by atoms with Crippen molar-refractivity contribution in [1.82, 2.24) is 20.5 Å². The number of pyridine rings is 1. The van der Waals surface area contributed by atoms with E-state index in [4.69, 9.17) is 23.9 Å². The van der Waals surface area contributed by atoms with Crippen molar-refractivity contribution in [1.29, 1.82) is 0 Å². The first-order valence-electron chi connectivity index (χ1n) is 14.8. The highest BCUT2D eigenvalue weighted by Crippen LogP contribution is 2.47. The van der Waals surface area contributed by atoms with Gasteiger partial charge in [0.05, 0.1) is 32.1 Å². The lowest BCUT2D eigenvalue weighted by atomic mass is 9.77. The Kier molecular flexibility index (Phi) is 8.49. The molecule has 2 N–H and O–H groups in total. The van der Waals surface area contributed by atoms with Crippen molar-refractivity contribution in [3.05, 3.63) is 47.2 Å². The molecule has 0 unspecified atom stereocenters. The van der Waals surface area contributed by atoms with Gasteiger partial charge >= 0.3 is 6.09 Å². The van der Waals surface area contributed by atoms with Gasteiger partial charge in [0.15, 0.2) is 0 Å². The summed E-state index contributed by atoms with van der Waals surface area (Å²) in [6.07, 6.45) is 1.59. The van der Waals surface area contributed by atoms with Gasteiger partial charge in [-0.05, 0) is 63.3 Å². The van der Waals surface area contributed by atoms with Crippen molar-refractivity contribution in [3.63, 3.8) is 0 Å². The second-order valence-electron chi connectivity index (χ2n) is 12.4. The van der Waals surface area contributed by atoms with Crippen LogP contribution in [0.25, 0.3) is 32.6 Å². The smallest absolute Gasteiger partial charge is 0.407 e. The fourth-order valence-corrected chi connectivity index (χ4v) is 6.62. The van der Waals surface area contributed by atoms with Gasteiger partial charge in [-0.1, -0.05) is 0 Å². The Morgan fingerprint density at radius 3 is 2.68 bits per heavy atom. The van der Waals surface area contributed by atoms with Crippen LogP contribution in [0.15, 0.2) is 35.7 Å². The molecule has 0 radical (unpaired) electrons. The molecule has 4 aromatic rings. The summed E-state index contributed by atoms with van der Waals surface area (Å²) in [7, 11) is 1.60. The number of thiophene rings is 1. The number of carbonyl (C=O) groups excluding carboxylic acids is 1. The van der Waals surface area contributed by atoms with E-state index >= 15 is 0 Å². The Balaban J connectivity index is 1.42. The Labute approximate surface area is 259 Å². The van der Waals surface area contributed by atoms with Gasteiger partial charge in [-0.15, -0.1) is 11.3 Å². The number of ether oxygens (including phenoxy) is 4. The van der Waals surface area contributed by atoms with Gasteiger partial charge in [-0.2, -0.15) is 5.10 Å². The zero-order valence-electron chi connectivity index (χ0n) is 25.5. The highest BCUT2D eigenvalue weighted by Gasteiger charge is 2.41. The molecule has 234 valence electrons. The number of nitrogens with zero attached hydrogens (tertiary/aromatic N) is 3. The predicted molar refractivity (Wildman–Crippen MR) is 168 cm³/mol. The Morgan fingerprint density at radius 1 is 1.18 bits per heavy atom. The lowest BCUT2D eigenvalue weighted by Crippen LogP contribution is -2.51.